The van der Waals surface area contributed by atoms with Crippen LogP contribution in [-0.2, 0) is 4.74 Å². The lowest BCUT2D eigenvalue weighted by molar-refractivity contribution is 0.124. The standard InChI is InChI=1S/C20H32N4OS.HI/c1-21-19(24-10-7-20(14-24)8-11-25-15-20)22-13-16-5-3-9-23(2)18(16)17-6-4-12-26-17;/h4,6,12,16,18H,3,5,7-11,13-15H2,1-2H3,(H,21,22);1H. The van der Waals surface area contributed by atoms with Crippen molar-refractivity contribution in [2.75, 3.05) is 53.5 Å². The van der Waals surface area contributed by atoms with Gasteiger partial charge in [0, 0.05) is 49.6 Å². The third-order valence-corrected chi connectivity index (χ3v) is 7.44. The van der Waals surface area contributed by atoms with Crippen LogP contribution in [0.3, 0.4) is 0 Å². The highest BCUT2D eigenvalue weighted by Gasteiger charge is 2.42. The summed E-state index contributed by atoms with van der Waals surface area (Å²) in [6.45, 7) is 6.24. The molecule has 5 nitrogen and oxygen atoms in total. The minimum absolute atomic E-state index is 0. The van der Waals surface area contributed by atoms with Gasteiger partial charge in [-0.25, -0.2) is 0 Å². The maximum absolute atomic E-state index is 5.67. The van der Waals surface area contributed by atoms with Crippen LogP contribution in [0.4, 0.5) is 0 Å². The van der Waals surface area contributed by atoms with Crippen LogP contribution < -0.4 is 5.32 Å². The molecule has 27 heavy (non-hydrogen) atoms. The van der Waals surface area contributed by atoms with Gasteiger partial charge in [-0.1, -0.05) is 6.07 Å². The lowest BCUT2D eigenvalue weighted by Crippen LogP contribution is -2.46. The van der Waals surface area contributed by atoms with Gasteiger partial charge in [-0.15, -0.1) is 35.3 Å². The Kier molecular flexibility index (Phi) is 7.44. The lowest BCUT2D eigenvalue weighted by Gasteiger charge is -2.39. The fourth-order valence-corrected chi connectivity index (χ4v) is 6.01. The first-order valence-electron chi connectivity index (χ1n) is 9.98. The zero-order chi connectivity index (χ0) is 18.0. The van der Waals surface area contributed by atoms with E-state index in [4.69, 9.17) is 4.74 Å². The van der Waals surface area contributed by atoms with Crippen LogP contribution >= 0.6 is 35.3 Å². The summed E-state index contributed by atoms with van der Waals surface area (Å²) in [5.74, 6) is 1.71. The molecule has 4 rings (SSSR count). The molecule has 1 spiro atoms. The molecule has 7 heteroatoms. The number of ether oxygens (including phenoxy) is 1. The fourth-order valence-electron chi connectivity index (χ4n) is 5.02. The van der Waals surface area contributed by atoms with Gasteiger partial charge in [-0.2, -0.15) is 0 Å². The average Bonchev–Trinajstić information content (AvgIpc) is 3.40. The quantitative estimate of drug-likeness (QED) is 0.389. The highest BCUT2D eigenvalue weighted by molar-refractivity contribution is 14.0. The van der Waals surface area contributed by atoms with Gasteiger partial charge in [0.2, 0.25) is 0 Å². The van der Waals surface area contributed by atoms with E-state index in [-0.39, 0.29) is 24.0 Å². The van der Waals surface area contributed by atoms with E-state index in [0.717, 1.165) is 38.8 Å². The monoisotopic (exact) mass is 504 g/mol. The zero-order valence-electron chi connectivity index (χ0n) is 16.5. The Balaban J connectivity index is 0.00000210. The van der Waals surface area contributed by atoms with E-state index < -0.39 is 0 Å². The van der Waals surface area contributed by atoms with E-state index in [0.29, 0.717) is 17.4 Å². The minimum Gasteiger partial charge on any atom is -0.381 e. The van der Waals surface area contributed by atoms with Crippen molar-refractivity contribution in [1.82, 2.24) is 15.1 Å². The van der Waals surface area contributed by atoms with Crippen LogP contribution in [0, 0.1) is 11.3 Å². The predicted molar refractivity (Wildman–Crippen MR) is 123 cm³/mol. The van der Waals surface area contributed by atoms with Crippen LogP contribution in [0.15, 0.2) is 22.5 Å². The second kappa shape index (κ2) is 9.41. The van der Waals surface area contributed by atoms with Gasteiger partial charge in [-0.05, 0) is 56.6 Å². The summed E-state index contributed by atoms with van der Waals surface area (Å²) in [4.78, 5) is 11.1. The van der Waals surface area contributed by atoms with Crippen molar-refractivity contribution in [2.24, 2.45) is 16.3 Å². The van der Waals surface area contributed by atoms with Gasteiger partial charge in [0.1, 0.15) is 0 Å². The van der Waals surface area contributed by atoms with Crippen molar-refractivity contribution in [3.63, 3.8) is 0 Å². The van der Waals surface area contributed by atoms with Gasteiger partial charge in [0.25, 0.3) is 0 Å². The van der Waals surface area contributed by atoms with E-state index in [9.17, 15) is 0 Å². The van der Waals surface area contributed by atoms with Gasteiger partial charge < -0.3 is 15.0 Å². The molecule has 3 fully saturated rings. The molecule has 0 saturated carbocycles. The van der Waals surface area contributed by atoms with Crippen molar-refractivity contribution in [3.8, 4) is 0 Å². The van der Waals surface area contributed by atoms with E-state index >= 15 is 0 Å². The van der Waals surface area contributed by atoms with Crippen LogP contribution in [-0.4, -0.2) is 69.2 Å². The summed E-state index contributed by atoms with van der Waals surface area (Å²) < 4.78 is 5.67. The van der Waals surface area contributed by atoms with Crippen molar-refractivity contribution in [1.29, 1.82) is 0 Å². The molecule has 3 unspecified atom stereocenters. The Morgan fingerprint density at radius 1 is 1.41 bits per heavy atom. The molecule has 1 aromatic rings. The van der Waals surface area contributed by atoms with Gasteiger partial charge in [-0.3, -0.25) is 9.89 Å². The summed E-state index contributed by atoms with van der Waals surface area (Å²) >= 11 is 1.89. The normalized spacial score (nSPS) is 32.1. The topological polar surface area (TPSA) is 40.1 Å². The number of halogens is 1. The van der Waals surface area contributed by atoms with Crippen LogP contribution in [0.5, 0.6) is 0 Å². The third-order valence-electron chi connectivity index (χ3n) is 6.50. The van der Waals surface area contributed by atoms with Gasteiger partial charge in [0.05, 0.1) is 6.61 Å². The number of aliphatic imine (C=N–C) groups is 1. The van der Waals surface area contributed by atoms with E-state index in [1.807, 2.05) is 18.4 Å². The van der Waals surface area contributed by atoms with E-state index in [1.165, 1.54) is 37.1 Å². The smallest absolute Gasteiger partial charge is 0.193 e. The Morgan fingerprint density at radius 3 is 3.00 bits per heavy atom. The SMILES string of the molecule is CN=C(NCC1CCCN(C)C1c1cccs1)N1CCC2(CCOC2)C1.I. The molecular formula is C20H33IN4OS. The van der Waals surface area contributed by atoms with E-state index in [2.05, 4.69) is 44.7 Å². The van der Waals surface area contributed by atoms with Crippen molar-refractivity contribution >= 4 is 41.3 Å². The number of hydrogen-bond donors (Lipinski definition) is 1. The molecule has 0 aromatic carbocycles. The van der Waals surface area contributed by atoms with Gasteiger partial charge >= 0.3 is 0 Å². The number of nitrogens with one attached hydrogen (secondary N) is 1. The Labute approximate surface area is 184 Å². The summed E-state index contributed by atoms with van der Waals surface area (Å²) in [6, 6.07) is 5.00. The fraction of sp³-hybridized carbons (Fsp3) is 0.750. The first kappa shape index (κ1) is 21.3. The maximum atomic E-state index is 5.67. The summed E-state index contributed by atoms with van der Waals surface area (Å²) in [6.07, 6.45) is 5.01. The number of hydrogen-bond acceptors (Lipinski definition) is 4. The lowest BCUT2D eigenvalue weighted by atomic mass is 9.87. The van der Waals surface area contributed by atoms with Crippen LogP contribution in [0.25, 0.3) is 0 Å². The maximum Gasteiger partial charge on any atom is 0.193 e. The van der Waals surface area contributed by atoms with Gasteiger partial charge in [0.15, 0.2) is 5.96 Å². The molecular weight excluding hydrogens is 471 g/mol. The number of likely N-dealkylation sites (tertiary alicyclic amines) is 2. The molecule has 0 aliphatic carbocycles. The number of nitrogens with zero attached hydrogens (tertiary/aromatic N) is 3. The molecule has 3 aliphatic rings. The first-order chi connectivity index (χ1) is 12.7. The summed E-state index contributed by atoms with van der Waals surface area (Å²) in [5.41, 5.74) is 0.377. The molecule has 0 amide bonds. The third kappa shape index (κ3) is 4.62. The second-order valence-electron chi connectivity index (χ2n) is 8.25. The number of guanidine groups is 1. The molecule has 3 saturated heterocycles. The molecule has 1 N–H and O–H groups in total. The minimum atomic E-state index is 0. The molecule has 1 aromatic heterocycles. The molecule has 152 valence electrons. The first-order valence-corrected chi connectivity index (χ1v) is 10.9. The average molecular weight is 504 g/mol. The van der Waals surface area contributed by atoms with Crippen LogP contribution in [0.2, 0.25) is 0 Å². The Morgan fingerprint density at radius 2 is 2.30 bits per heavy atom. The van der Waals surface area contributed by atoms with Crippen molar-refractivity contribution in [2.45, 2.75) is 31.7 Å². The largest absolute Gasteiger partial charge is 0.381 e. The number of rotatable bonds is 3. The Bertz CT molecular complexity index is 618. The van der Waals surface area contributed by atoms with Crippen molar-refractivity contribution in [3.05, 3.63) is 22.4 Å². The molecule has 4 heterocycles. The Hall–Kier alpha value is -0.380. The zero-order valence-corrected chi connectivity index (χ0v) is 19.7. The highest BCUT2D eigenvalue weighted by Crippen LogP contribution is 2.39. The number of piperidine rings is 1. The summed E-state index contributed by atoms with van der Waals surface area (Å²) in [7, 11) is 4.19. The molecule has 0 radical (unpaired) electrons. The summed E-state index contributed by atoms with van der Waals surface area (Å²) in [5, 5.41) is 5.92. The van der Waals surface area contributed by atoms with Crippen molar-refractivity contribution < 1.29 is 4.74 Å². The van der Waals surface area contributed by atoms with Crippen LogP contribution in [0.1, 0.15) is 36.6 Å². The molecule has 3 aliphatic heterocycles. The number of thiophene rings is 1. The predicted octanol–water partition coefficient (Wildman–Crippen LogP) is 3.44. The molecule has 0 bridgehead atoms. The highest BCUT2D eigenvalue weighted by atomic mass is 127. The van der Waals surface area contributed by atoms with E-state index in [1.54, 1.807) is 0 Å². The molecule has 3 atom stereocenters. The second-order valence-corrected chi connectivity index (χ2v) is 9.22.